The second-order valence-electron chi connectivity index (χ2n) is 4.29. The van der Waals surface area contributed by atoms with Crippen LogP contribution in [0, 0.1) is 4.77 Å². The fourth-order valence-electron chi connectivity index (χ4n) is 2.19. The summed E-state index contributed by atoms with van der Waals surface area (Å²) in [6.45, 7) is 2.12. The number of aromatic amines is 2. The lowest BCUT2D eigenvalue weighted by molar-refractivity contribution is 0.222. The summed E-state index contributed by atoms with van der Waals surface area (Å²) in [5, 5.41) is 0. The highest BCUT2D eigenvalue weighted by Crippen LogP contribution is 2.15. The Labute approximate surface area is 108 Å². The lowest BCUT2D eigenvalue weighted by atomic mass is 10.1. The van der Waals surface area contributed by atoms with Crippen LogP contribution in [0.2, 0.25) is 0 Å². The summed E-state index contributed by atoms with van der Waals surface area (Å²) in [5.74, 6) is 0.804. The van der Waals surface area contributed by atoms with Gasteiger partial charge in [0.05, 0.1) is 18.3 Å². The first kappa shape index (κ1) is 11.4. The van der Waals surface area contributed by atoms with Gasteiger partial charge in [0.1, 0.15) is 5.76 Å². The fraction of sp³-hybridized carbons (Fsp3) is 0.364. The molecule has 0 radical (unpaired) electrons. The third-order valence-corrected chi connectivity index (χ3v) is 3.26. The molecule has 0 bridgehead atoms. The Morgan fingerprint density at radius 2 is 2.39 bits per heavy atom. The van der Waals surface area contributed by atoms with E-state index in [2.05, 4.69) is 19.9 Å². The lowest BCUT2D eigenvalue weighted by Crippen LogP contribution is -2.35. The Kier molecular flexibility index (Phi) is 2.85. The van der Waals surface area contributed by atoms with E-state index in [1.54, 1.807) is 6.20 Å². The van der Waals surface area contributed by atoms with Gasteiger partial charge >= 0.3 is 0 Å². The maximum atomic E-state index is 11.8. The highest BCUT2D eigenvalue weighted by Gasteiger charge is 2.20. The van der Waals surface area contributed by atoms with Crippen LogP contribution in [0.5, 0.6) is 0 Å². The van der Waals surface area contributed by atoms with Gasteiger partial charge in [0.2, 0.25) is 0 Å². The number of fused-ring (bicyclic) bond motifs is 1. The molecule has 2 aromatic heterocycles. The van der Waals surface area contributed by atoms with Crippen LogP contribution >= 0.6 is 12.2 Å². The molecule has 0 spiro atoms. The summed E-state index contributed by atoms with van der Waals surface area (Å²) in [5.41, 5.74) is 1.60. The van der Waals surface area contributed by atoms with Crippen LogP contribution in [0.25, 0.3) is 0 Å². The maximum absolute atomic E-state index is 11.8. The second-order valence-corrected chi connectivity index (χ2v) is 4.70. The van der Waals surface area contributed by atoms with E-state index in [9.17, 15) is 4.79 Å². The molecular weight excluding hydrogens is 252 g/mol. The van der Waals surface area contributed by atoms with Gasteiger partial charge in [-0.2, -0.15) is 0 Å². The summed E-state index contributed by atoms with van der Waals surface area (Å²) in [7, 11) is 0. The quantitative estimate of drug-likeness (QED) is 0.791. The Hall–Kier alpha value is -1.73. The van der Waals surface area contributed by atoms with E-state index in [1.165, 1.54) is 6.39 Å². The summed E-state index contributed by atoms with van der Waals surface area (Å²) in [6, 6.07) is 0. The molecule has 0 unspecified atom stereocenters. The number of nitrogens with zero attached hydrogens (tertiary/aromatic N) is 2. The Balaban J connectivity index is 1.85. The van der Waals surface area contributed by atoms with E-state index in [4.69, 9.17) is 16.6 Å². The SMILES string of the molecule is O=c1[nH]c(=S)[nH]c2c1CN(Cc1cnco1)CC2. The highest BCUT2D eigenvalue weighted by molar-refractivity contribution is 7.71. The average molecular weight is 264 g/mol. The lowest BCUT2D eigenvalue weighted by Gasteiger charge is -2.26. The van der Waals surface area contributed by atoms with Gasteiger partial charge in [0.25, 0.3) is 5.56 Å². The summed E-state index contributed by atoms with van der Waals surface area (Å²) >= 11 is 4.96. The van der Waals surface area contributed by atoms with Gasteiger partial charge < -0.3 is 9.40 Å². The average Bonchev–Trinajstić information content (AvgIpc) is 2.83. The number of rotatable bonds is 2. The normalized spacial score (nSPS) is 15.6. The molecule has 2 N–H and O–H groups in total. The van der Waals surface area contributed by atoms with E-state index in [-0.39, 0.29) is 5.56 Å². The molecule has 0 atom stereocenters. The zero-order valence-electron chi connectivity index (χ0n) is 9.60. The minimum absolute atomic E-state index is 0.101. The molecule has 1 aliphatic heterocycles. The molecule has 0 amide bonds. The van der Waals surface area contributed by atoms with E-state index < -0.39 is 0 Å². The van der Waals surface area contributed by atoms with Crippen LogP contribution in [0.15, 0.2) is 21.8 Å². The van der Waals surface area contributed by atoms with Crippen molar-refractivity contribution in [3.8, 4) is 0 Å². The van der Waals surface area contributed by atoms with Crippen molar-refractivity contribution < 1.29 is 4.42 Å². The van der Waals surface area contributed by atoms with Crippen molar-refractivity contribution >= 4 is 12.2 Å². The number of nitrogens with one attached hydrogen (secondary N) is 2. The number of H-pyrrole nitrogens is 2. The summed E-state index contributed by atoms with van der Waals surface area (Å²) in [6.07, 6.45) is 3.90. The van der Waals surface area contributed by atoms with Crippen LogP contribution in [0.1, 0.15) is 17.0 Å². The maximum Gasteiger partial charge on any atom is 0.256 e. The molecule has 0 fully saturated rings. The largest absolute Gasteiger partial charge is 0.447 e. The molecule has 3 heterocycles. The van der Waals surface area contributed by atoms with Crippen LogP contribution < -0.4 is 5.56 Å². The van der Waals surface area contributed by atoms with E-state index in [0.717, 1.165) is 30.0 Å². The van der Waals surface area contributed by atoms with Gasteiger partial charge in [-0.1, -0.05) is 0 Å². The third-order valence-electron chi connectivity index (χ3n) is 3.05. The standard InChI is InChI=1S/C11H12N4O2S/c16-10-8-5-15(4-7-3-12-6-17-7)2-1-9(8)13-11(18)14-10/h3,6H,1-2,4-5H2,(H2,13,14,16,18). The minimum Gasteiger partial charge on any atom is -0.447 e. The van der Waals surface area contributed by atoms with Crippen molar-refractivity contribution in [2.75, 3.05) is 6.54 Å². The Bertz CT molecular complexity index is 658. The Morgan fingerprint density at radius 1 is 1.50 bits per heavy atom. The van der Waals surface area contributed by atoms with Crippen molar-refractivity contribution in [2.45, 2.75) is 19.5 Å². The molecule has 2 aromatic rings. The molecule has 6 nitrogen and oxygen atoms in total. The molecule has 0 saturated carbocycles. The molecule has 7 heteroatoms. The monoisotopic (exact) mass is 264 g/mol. The van der Waals surface area contributed by atoms with Crippen molar-refractivity contribution in [1.82, 2.24) is 19.9 Å². The zero-order chi connectivity index (χ0) is 12.5. The smallest absolute Gasteiger partial charge is 0.256 e. The number of hydrogen-bond acceptors (Lipinski definition) is 5. The van der Waals surface area contributed by atoms with Crippen molar-refractivity contribution in [3.05, 3.63) is 44.7 Å². The highest BCUT2D eigenvalue weighted by atomic mass is 32.1. The van der Waals surface area contributed by atoms with Gasteiger partial charge in [0.15, 0.2) is 11.2 Å². The predicted molar refractivity (Wildman–Crippen MR) is 66.6 cm³/mol. The molecule has 0 aliphatic carbocycles. The van der Waals surface area contributed by atoms with Crippen LogP contribution in [-0.4, -0.2) is 26.4 Å². The van der Waals surface area contributed by atoms with Crippen LogP contribution in [0.4, 0.5) is 0 Å². The third kappa shape index (κ3) is 2.14. The summed E-state index contributed by atoms with van der Waals surface area (Å²) < 4.78 is 5.60. The zero-order valence-corrected chi connectivity index (χ0v) is 10.4. The predicted octanol–water partition coefficient (Wildman–Crippen LogP) is 0.979. The molecule has 3 rings (SSSR count). The summed E-state index contributed by atoms with van der Waals surface area (Å²) in [4.78, 5) is 23.5. The van der Waals surface area contributed by atoms with E-state index in [0.29, 0.717) is 17.9 Å². The van der Waals surface area contributed by atoms with E-state index >= 15 is 0 Å². The van der Waals surface area contributed by atoms with Crippen molar-refractivity contribution in [2.24, 2.45) is 0 Å². The first-order valence-electron chi connectivity index (χ1n) is 5.66. The number of hydrogen-bond donors (Lipinski definition) is 2. The molecular formula is C11H12N4O2S. The first-order chi connectivity index (χ1) is 8.72. The second kappa shape index (κ2) is 4.51. The molecule has 18 heavy (non-hydrogen) atoms. The van der Waals surface area contributed by atoms with Crippen molar-refractivity contribution in [3.63, 3.8) is 0 Å². The van der Waals surface area contributed by atoms with Gasteiger partial charge in [0, 0.05) is 25.2 Å². The van der Waals surface area contributed by atoms with Gasteiger partial charge in [-0.3, -0.25) is 14.7 Å². The first-order valence-corrected chi connectivity index (χ1v) is 6.07. The topological polar surface area (TPSA) is 77.9 Å². The molecule has 0 saturated heterocycles. The number of aromatic nitrogens is 3. The van der Waals surface area contributed by atoms with Gasteiger partial charge in [-0.25, -0.2) is 4.98 Å². The van der Waals surface area contributed by atoms with Crippen LogP contribution in [0.3, 0.4) is 0 Å². The molecule has 1 aliphatic rings. The molecule has 0 aromatic carbocycles. The minimum atomic E-state index is -0.101. The Morgan fingerprint density at radius 3 is 3.17 bits per heavy atom. The van der Waals surface area contributed by atoms with Crippen molar-refractivity contribution in [1.29, 1.82) is 0 Å². The van der Waals surface area contributed by atoms with Gasteiger partial charge in [-0.05, 0) is 12.2 Å². The molecule has 94 valence electrons. The van der Waals surface area contributed by atoms with Crippen LogP contribution in [-0.2, 0) is 19.5 Å². The van der Waals surface area contributed by atoms with E-state index in [1.807, 2.05) is 0 Å². The van der Waals surface area contributed by atoms with Gasteiger partial charge in [-0.15, -0.1) is 0 Å². The number of oxazole rings is 1. The fourth-order valence-corrected chi connectivity index (χ4v) is 2.40.